The van der Waals surface area contributed by atoms with E-state index in [0.717, 1.165) is 22.2 Å². The second-order valence-electron chi connectivity index (χ2n) is 6.26. The molecular formula is C17H23NO. The van der Waals surface area contributed by atoms with Crippen LogP contribution in [-0.4, -0.2) is 10.1 Å². The Labute approximate surface area is 115 Å². The van der Waals surface area contributed by atoms with Crippen LogP contribution in [-0.2, 0) is 5.60 Å². The van der Waals surface area contributed by atoms with Gasteiger partial charge < -0.3 is 5.11 Å². The van der Waals surface area contributed by atoms with E-state index in [1.165, 1.54) is 11.1 Å². The summed E-state index contributed by atoms with van der Waals surface area (Å²) in [6.45, 7) is 12.1. The molecule has 0 unspecified atom stereocenters. The summed E-state index contributed by atoms with van der Waals surface area (Å²) in [6.07, 6.45) is 0. The van der Waals surface area contributed by atoms with E-state index in [-0.39, 0.29) is 0 Å². The lowest BCUT2D eigenvalue weighted by molar-refractivity contribution is 0.0800. The minimum absolute atomic E-state index is 0.354. The minimum atomic E-state index is -0.855. The SMILES string of the molecule is Cc1cc2nc(C(C)C)cc(C(C)(C)O)c2cc1C. The van der Waals surface area contributed by atoms with Gasteiger partial charge in [0.15, 0.2) is 0 Å². The molecule has 0 fully saturated rings. The highest BCUT2D eigenvalue weighted by Crippen LogP contribution is 2.31. The van der Waals surface area contributed by atoms with Crippen LogP contribution in [0.1, 0.15) is 56.0 Å². The maximum absolute atomic E-state index is 10.4. The molecule has 1 aromatic heterocycles. The fourth-order valence-electron chi connectivity index (χ4n) is 2.31. The average Bonchev–Trinajstić information content (AvgIpc) is 2.27. The Kier molecular flexibility index (Phi) is 3.40. The molecule has 0 amide bonds. The first-order valence-electron chi connectivity index (χ1n) is 6.85. The van der Waals surface area contributed by atoms with Crippen LogP contribution in [0.2, 0.25) is 0 Å². The largest absolute Gasteiger partial charge is 0.386 e. The molecule has 0 saturated heterocycles. The molecule has 2 aromatic rings. The summed E-state index contributed by atoms with van der Waals surface area (Å²) in [4.78, 5) is 4.74. The predicted octanol–water partition coefficient (Wildman–Crippen LogP) is 4.20. The second-order valence-corrected chi connectivity index (χ2v) is 6.26. The highest BCUT2D eigenvalue weighted by Gasteiger charge is 2.21. The Morgan fingerprint density at radius 2 is 1.63 bits per heavy atom. The van der Waals surface area contributed by atoms with Gasteiger partial charge in [0, 0.05) is 11.1 Å². The maximum atomic E-state index is 10.4. The van der Waals surface area contributed by atoms with E-state index in [1.54, 1.807) is 0 Å². The standard InChI is InChI=1S/C17H23NO/c1-10(2)15-9-14(17(5,6)19)13-7-11(3)12(4)8-16(13)18-15/h7-10,19H,1-6H3. The quantitative estimate of drug-likeness (QED) is 0.874. The van der Waals surface area contributed by atoms with Crippen molar-refractivity contribution in [3.05, 3.63) is 40.6 Å². The third-order valence-corrected chi connectivity index (χ3v) is 3.69. The van der Waals surface area contributed by atoms with Crippen molar-refractivity contribution in [3.63, 3.8) is 0 Å². The average molecular weight is 257 g/mol. The smallest absolute Gasteiger partial charge is 0.0847 e. The van der Waals surface area contributed by atoms with Crippen LogP contribution < -0.4 is 0 Å². The van der Waals surface area contributed by atoms with Gasteiger partial charge >= 0.3 is 0 Å². The van der Waals surface area contributed by atoms with E-state index in [9.17, 15) is 5.11 Å². The van der Waals surface area contributed by atoms with E-state index in [4.69, 9.17) is 4.98 Å². The molecule has 0 bridgehead atoms. The molecule has 0 aliphatic carbocycles. The molecule has 102 valence electrons. The molecular weight excluding hydrogens is 234 g/mol. The van der Waals surface area contributed by atoms with Crippen molar-refractivity contribution in [1.82, 2.24) is 4.98 Å². The van der Waals surface area contributed by atoms with Crippen molar-refractivity contribution in [2.45, 2.75) is 53.1 Å². The molecule has 0 aliphatic rings. The van der Waals surface area contributed by atoms with Crippen molar-refractivity contribution in [2.75, 3.05) is 0 Å². The van der Waals surface area contributed by atoms with E-state index in [2.05, 4.69) is 39.8 Å². The van der Waals surface area contributed by atoms with Crippen molar-refractivity contribution in [1.29, 1.82) is 0 Å². The van der Waals surface area contributed by atoms with Crippen LogP contribution in [0.15, 0.2) is 18.2 Å². The summed E-state index contributed by atoms with van der Waals surface area (Å²) in [5, 5.41) is 11.5. The fourth-order valence-corrected chi connectivity index (χ4v) is 2.31. The number of hydrogen-bond acceptors (Lipinski definition) is 2. The minimum Gasteiger partial charge on any atom is -0.386 e. The lowest BCUT2D eigenvalue weighted by Gasteiger charge is -2.22. The van der Waals surface area contributed by atoms with E-state index in [1.807, 2.05) is 19.9 Å². The van der Waals surface area contributed by atoms with E-state index in [0.29, 0.717) is 5.92 Å². The van der Waals surface area contributed by atoms with Crippen LogP contribution in [0.4, 0.5) is 0 Å². The first kappa shape index (κ1) is 14.0. The molecule has 0 spiro atoms. The van der Waals surface area contributed by atoms with Gasteiger partial charge in [0.2, 0.25) is 0 Å². The molecule has 2 heteroatoms. The van der Waals surface area contributed by atoms with Crippen LogP contribution >= 0.6 is 0 Å². The lowest BCUT2D eigenvalue weighted by atomic mass is 9.90. The fraction of sp³-hybridized carbons (Fsp3) is 0.471. The molecule has 2 rings (SSSR count). The van der Waals surface area contributed by atoms with Crippen molar-refractivity contribution < 1.29 is 5.11 Å². The third-order valence-electron chi connectivity index (χ3n) is 3.69. The Bertz CT molecular complexity index is 621. The molecule has 1 N–H and O–H groups in total. The van der Waals surface area contributed by atoms with Crippen LogP contribution in [0.5, 0.6) is 0 Å². The van der Waals surface area contributed by atoms with Gasteiger partial charge in [-0.15, -0.1) is 0 Å². The Morgan fingerprint density at radius 3 is 2.16 bits per heavy atom. The van der Waals surface area contributed by atoms with Gasteiger partial charge in [0.25, 0.3) is 0 Å². The van der Waals surface area contributed by atoms with Gasteiger partial charge in [0.05, 0.1) is 11.1 Å². The number of hydrogen-bond donors (Lipinski definition) is 1. The first-order valence-corrected chi connectivity index (χ1v) is 6.85. The van der Waals surface area contributed by atoms with Gasteiger partial charge in [0.1, 0.15) is 0 Å². The van der Waals surface area contributed by atoms with Gasteiger partial charge in [-0.2, -0.15) is 0 Å². The zero-order chi connectivity index (χ0) is 14.4. The Hall–Kier alpha value is -1.41. The summed E-state index contributed by atoms with van der Waals surface area (Å²) in [7, 11) is 0. The Morgan fingerprint density at radius 1 is 1.05 bits per heavy atom. The number of pyridine rings is 1. The zero-order valence-corrected chi connectivity index (χ0v) is 12.7. The summed E-state index contributed by atoms with van der Waals surface area (Å²) in [6, 6.07) is 6.29. The van der Waals surface area contributed by atoms with Gasteiger partial charge in [-0.25, -0.2) is 0 Å². The van der Waals surface area contributed by atoms with Crippen LogP contribution in [0.3, 0.4) is 0 Å². The summed E-state index contributed by atoms with van der Waals surface area (Å²) in [5.74, 6) is 0.354. The number of rotatable bonds is 2. The predicted molar refractivity (Wildman–Crippen MR) is 80.6 cm³/mol. The van der Waals surface area contributed by atoms with Gasteiger partial charge in [-0.05, 0) is 68.5 Å². The van der Waals surface area contributed by atoms with E-state index < -0.39 is 5.60 Å². The Balaban J connectivity index is 2.86. The number of aromatic nitrogens is 1. The van der Waals surface area contributed by atoms with Crippen LogP contribution in [0.25, 0.3) is 10.9 Å². The third kappa shape index (κ3) is 2.64. The molecule has 0 radical (unpaired) electrons. The number of aliphatic hydroxyl groups is 1. The topological polar surface area (TPSA) is 33.1 Å². The summed E-state index contributed by atoms with van der Waals surface area (Å²) in [5.41, 5.74) is 4.59. The molecule has 0 atom stereocenters. The molecule has 2 nitrogen and oxygen atoms in total. The normalized spacial score (nSPS) is 12.4. The highest BCUT2D eigenvalue weighted by atomic mass is 16.3. The summed E-state index contributed by atoms with van der Waals surface area (Å²) >= 11 is 0. The van der Waals surface area contributed by atoms with Crippen LogP contribution in [0, 0.1) is 13.8 Å². The highest BCUT2D eigenvalue weighted by molar-refractivity contribution is 5.85. The monoisotopic (exact) mass is 257 g/mol. The van der Waals surface area contributed by atoms with Gasteiger partial charge in [-0.1, -0.05) is 13.8 Å². The molecule has 1 aromatic carbocycles. The molecule has 0 saturated carbocycles. The molecule has 0 aliphatic heterocycles. The van der Waals surface area contributed by atoms with Crippen molar-refractivity contribution >= 4 is 10.9 Å². The maximum Gasteiger partial charge on any atom is 0.0847 e. The van der Waals surface area contributed by atoms with Gasteiger partial charge in [-0.3, -0.25) is 4.98 Å². The first-order chi connectivity index (χ1) is 8.70. The number of aryl methyl sites for hydroxylation is 2. The number of fused-ring (bicyclic) bond motifs is 1. The van der Waals surface area contributed by atoms with E-state index >= 15 is 0 Å². The lowest BCUT2D eigenvalue weighted by Crippen LogP contribution is -2.17. The zero-order valence-electron chi connectivity index (χ0n) is 12.7. The molecule has 19 heavy (non-hydrogen) atoms. The molecule has 1 heterocycles. The second kappa shape index (κ2) is 4.61. The number of benzene rings is 1. The number of nitrogens with zero attached hydrogens (tertiary/aromatic N) is 1. The van der Waals surface area contributed by atoms with Crippen molar-refractivity contribution in [2.24, 2.45) is 0 Å². The summed E-state index contributed by atoms with van der Waals surface area (Å²) < 4.78 is 0. The van der Waals surface area contributed by atoms with Crippen molar-refractivity contribution in [3.8, 4) is 0 Å².